The molecule has 3 aromatic heterocycles. The standard InChI is InChI=1S/C29H30ClN7/c1-19-9-8-10-20-17-22(26(32-25(19)20)35-13-4-2-5-14-35)27-33-34-29-28(36-15-6-3-7-16-36)31-23-12-11-21(30)18-24(23)37(27)29/h8-12,17-18H,2-7,13-16H2,1H3. The topological polar surface area (TPSA) is 62.5 Å². The Morgan fingerprint density at radius 1 is 0.757 bits per heavy atom. The largest absolute Gasteiger partial charge is 0.356 e. The Hall–Kier alpha value is -3.45. The van der Waals surface area contributed by atoms with Gasteiger partial charge < -0.3 is 9.80 Å². The Morgan fingerprint density at radius 2 is 1.49 bits per heavy atom. The predicted octanol–water partition coefficient (Wildman–Crippen LogP) is 6.44. The molecule has 2 fully saturated rings. The van der Waals surface area contributed by atoms with Crippen molar-refractivity contribution in [1.82, 2.24) is 24.6 Å². The van der Waals surface area contributed by atoms with Crippen molar-refractivity contribution in [3.05, 3.63) is 53.1 Å². The molecule has 2 aliphatic heterocycles. The van der Waals surface area contributed by atoms with E-state index in [4.69, 9.17) is 31.8 Å². The summed E-state index contributed by atoms with van der Waals surface area (Å²) in [6.07, 6.45) is 7.21. The summed E-state index contributed by atoms with van der Waals surface area (Å²) < 4.78 is 2.16. The zero-order valence-corrected chi connectivity index (χ0v) is 21.9. The van der Waals surface area contributed by atoms with Crippen LogP contribution in [0, 0.1) is 6.92 Å². The molecular formula is C29H30ClN7. The van der Waals surface area contributed by atoms with Crippen LogP contribution in [0.5, 0.6) is 0 Å². The van der Waals surface area contributed by atoms with Crippen LogP contribution in [0.1, 0.15) is 44.1 Å². The number of nitrogens with zero attached hydrogens (tertiary/aromatic N) is 7. The van der Waals surface area contributed by atoms with Crippen LogP contribution in [0.25, 0.3) is 39.0 Å². The molecule has 0 atom stereocenters. The summed E-state index contributed by atoms with van der Waals surface area (Å²) in [7, 11) is 0. The molecule has 188 valence electrons. The summed E-state index contributed by atoms with van der Waals surface area (Å²) in [6.45, 7) is 6.11. The van der Waals surface area contributed by atoms with Crippen LogP contribution in [0.3, 0.4) is 0 Å². The molecule has 2 saturated heterocycles. The van der Waals surface area contributed by atoms with Crippen molar-refractivity contribution < 1.29 is 0 Å². The molecule has 2 aliphatic rings. The fourth-order valence-corrected chi connectivity index (χ4v) is 6.10. The van der Waals surface area contributed by atoms with Crippen LogP contribution in [0.4, 0.5) is 11.6 Å². The number of para-hydroxylation sites is 1. The maximum absolute atomic E-state index is 6.51. The van der Waals surface area contributed by atoms with Gasteiger partial charge >= 0.3 is 0 Å². The van der Waals surface area contributed by atoms with Crippen molar-refractivity contribution in [2.24, 2.45) is 0 Å². The SMILES string of the molecule is Cc1cccc2cc(-c3nnc4c(N5CCCCC5)nc5ccc(Cl)cc5n34)c(N3CCCCC3)nc12. The lowest BCUT2D eigenvalue weighted by Gasteiger charge is -2.30. The first-order valence-electron chi connectivity index (χ1n) is 13.4. The molecule has 0 aliphatic carbocycles. The zero-order chi connectivity index (χ0) is 24.9. The van der Waals surface area contributed by atoms with E-state index in [-0.39, 0.29) is 0 Å². The molecule has 0 amide bonds. The Kier molecular flexibility index (Phi) is 5.61. The van der Waals surface area contributed by atoms with Crippen LogP contribution in [-0.2, 0) is 0 Å². The third-order valence-corrected chi connectivity index (χ3v) is 8.08. The molecule has 0 unspecified atom stereocenters. The van der Waals surface area contributed by atoms with Crippen molar-refractivity contribution in [1.29, 1.82) is 0 Å². The van der Waals surface area contributed by atoms with Crippen molar-refractivity contribution in [3.8, 4) is 11.4 Å². The molecule has 7 nitrogen and oxygen atoms in total. The molecular weight excluding hydrogens is 482 g/mol. The van der Waals surface area contributed by atoms with Crippen LogP contribution in [0.15, 0.2) is 42.5 Å². The van der Waals surface area contributed by atoms with Gasteiger partial charge in [-0.1, -0.05) is 29.8 Å². The minimum absolute atomic E-state index is 0.671. The number of benzene rings is 2. The van der Waals surface area contributed by atoms with Gasteiger partial charge in [0.25, 0.3) is 0 Å². The zero-order valence-electron chi connectivity index (χ0n) is 21.1. The summed E-state index contributed by atoms with van der Waals surface area (Å²) in [5.41, 5.74) is 5.82. The van der Waals surface area contributed by atoms with Gasteiger partial charge in [-0.15, -0.1) is 10.2 Å². The second kappa shape index (κ2) is 9.14. The highest BCUT2D eigenvalue weighted by Crippen LogP contribution is 2.37. The third-order valence-electron chi connectivity index (χ3n) is 7.85. The summed E-state index contributed by atoms with van der Waals surface area (Å²) in [4.78, 5) is 15.1. The molecule has 37 heavy (non-hydrogen) atoms. The van der Waals surface area contributed by atoms with E-state index in [1.165, 1.54) is 44.1 Å². The van der Waals surface area contributed by atoms with Crippen molar-refractivity contribution in [2.45, 2.75) is 45.4 Å². The van der Waals surface area contributed by atoms with Crippen LogP contribution >= 0.6 is 11.6 Å². The van der Waals surface area contributed by atoms with Gasteiger partial charge in [0.05, 0.1) is 22.1 Å². The van der Waals surface area contributed by atoms with Crippen molar-refractivity contribution in [3.63, 3.8) is 0 Å². The van der Waals surface area contributed by atoms with E-state index >= 15 is 0 Å². The number of hydrogen-bond acceptors (Lipinski definition) is 6. The quantitative estimate of drug-likeness (QED) is 0.278. The summed E-state index contributed by atoms with van der Waals surface area (Å²) in [5, 5.41) is 11.4. The first-order valence-corrected chi connectivity index (χ1v) is 13.8. The molecule has 8 heteroatoms. The lowest BCUT2D eigenvalue weighted by Crippen LogP contribution is -2.31. The number of aryl methyl sites for hydroxylation is 1. The second-order valence-corrected chi connectivity index (χ2v) is 10.8. The molecule has 0 spiro atoms. The number of pyridine rings is 1. The average molecular weight is 512 g/mol. The monoisotopic (exact) mass is 511 g/mol. The van der Waals surface area contributed by atoms with E-state index in [1.54, 1.807) is 0 Å². The summed E-state index contributed by atoms with van der Waals surface area (Å²) in [6, 6.07) is 14.5. The minimum Gasteiger partial charge on any atom is -0.356 e. The molecule has 0 saturated carbocycles. The maximum atomic E-state index is 6.51. The summed E-state index contributed by atoms with van der Waals surface area (Å²) >= 11 is 6.51. The second-order valence-electron chi connectivity index (χ2n) is 10.4. The van der Waals surface area contributed by atoms with Crippen LogP contribution in [0.2, 0.25) is 5.02 Å². The smallest absolute Gasteiger partial charge is 0.204 e. The molecule has 5 heterocycles. The fourth-order valence-electron chi connectivity index (χ4n) is 5.93. The van der Waals surface area contributed by atoms with Crippen molar-refractivity contribution >= 4 is 50.8 Å². The molecule has 7 rings (SSSR count). The highest BCUT2D eigenvalue weighted by molar-refractivity contribution is 6.31. The van der Waals surface area contributed by atoms with Gasteiger partial charge in [0.15, 0.2) is 11.6 Å². The first kappa shape index (κ1) is 22.7. The number of piperidine rings is 2. The lowest BCUT2D eigenvalue weighted by molar-refractivity contribution is 0.574. The van der Waals surface area contributed by atoms with Gasteiger partial charge in [-0.2, -0.15) is 0 Å². The van der Waals surface area contributed by atoms with Gasteiger partial charge in [0.2, 0.25) is 5.65 Å². The molecule has 0 N–H and O–H groups in total. The predicted molar refractivity (Wildman–Crippen MR) is 151 cm³/mol. The number of halogens is 1. The van der Waals surface area contributed by atoms with Gasteiger partial charge in [0.1, 0.15) is 5.82 Å². The van der Waals surface area contributed by atoms with Crippen LogP contribution < -0.4 is 9.80 Å². The molecule has 5 aromatic rings. The number of hydrogen-bond donors (Lipinski definition) is 0. The number of fused-ring (bicyclic) bond motifs is 4. The van der Waals surface area contributed by atoms with Gasteiger partial charge in [-0.25, -0.2) is 9.97 Å². The Bertz CT molecular complexity index is 1630. The highest BCUT2D eigenvalue weighted by Gasteiger charge is 2.26. The fraction of sp³-hybridized carbons (Fsp3) is 0.379. The molecule has 0 bridgehead atoms. The van der Waals surface area contributed by atoms with E-state index in [0.29, 0.717) is 5.02 Å². The Balaban J connectivity index is 1.53. The van der Waals surface area contributed by atoms with Gasteiger partial charge in [-0.3, -0.25) is 4.40 Å². The normalized spacial score (nSPS) is 16.8. The number of rotatable bonds is 3. The Labute approximate surface area is 221 Å². The average Bonchev–Trinajstić information content (AvgIpc) is 3.39. The minimum atomic E-state index is 0.671. The van der Waals surface area contributed by atoms with Gasteiger partial charge in [-0.05, 0) is 75.3 Å². The van der Waals surface area contributed by atoms with E-state index in [9.17, 15) is 0 Å². The van der Waals surface area contributed by atoms with Crippen LogP contribution in [-0.4, -0.2) is 50.7 Å². The Morgan fingerprint density at radius 3 is 2.24 bits per heavy atom. The third kappa shape index (κ3) is 3.87. The first-order chi connectivity index (χ1) is 18.2. The van der Waals surface area contributed by atoms with E-state index in [1.807, 2.05) is 18.2 Å². The molecule has 2 aromatic carbocycles. The van der Waals surface area contributed by atoms with E-state index < -0.39 is 0 Å². The lowest BCUT2D eigenvalue weighted by atomic mass is 10.1. The highest BCUT2D eigenvalue weighted by atomic mass is 35.5. The number of aromatic nitrogens is 5. The van der Waals surface area contributed by atoms with Crippen molar-refractivity contribution in [2.75, 3.05) is 36.0 Å². The van der Waals surface area contributed by atoms with E-state index in [2.05, 4.69) is 45.4 Å². The van der Waals surface area contributed by atoms with Gasteiger partial charge in [0, 0.05) is 36.6 Å². The van der Waals surface area contributed by atoms with E-state index in [0.717, 1.165) is 76.8 Å². The molecule has 0 radical (unpaired) electrons. The maximum Gasteiger partial charge on any atom is 0.204 e. The summed E-state index contributed by atoms with van der Waals surface area (Å²) in [5.74, 6) is 2.68. The number of anilines is 2.